The van der Waals surface area contributed by atoms with Gasteiger partial charge >= 0.3 is 0 Å². The summed E-state index contributed by atoms with van der Waals surface area (Å²) in [6.45, 7) is 5.34. The number of aliphatic imine (C=N–C) groups is 1. The molecule has 1 aromatic rings. The summed E-state index contributed by atoms with van der Waals surface area (Å²) in [6, 6.07) is 7.55. The van der Waals surface area contributed by atoms with Crippen LogP contribution in [0, 0.1) is 0 Å². The third-order valence-corrected chi connectivity index (χ3v) is 1.62. The summed E-state index contributed by atoms with van der Waals surface area (Å²) in [7, 11) is 0. The van der Waals surface area contributed by atoms with Crippen LogP contribution < -0.4 is 0 Å². The number of carbonyl (C=O) groups is 1. The maximum absolute atomic E-state index is 10.4. The summed E-state index contributed by atoms with van der Waals surface area (Å²) < 4.78 is 0. The van der Waals surface area contributed by atoms with E-state index in [4.69, 9.17) is 0 Å². The number of rotatable bonds is 3. The minimum atomic E-state index is 0.467. The van der Waals surface area contributed by atoms with Crippen molar-refractivity contribution < 1.29 is 4.79 Å². The lowest BCUT2D eigenvalue weighted by Crippen LogP contribution is -1.90. The van der Waals surface area contributed by atoms with Gasteiger partial charge in [-0.15, -0.1) is 0 Å². The van der Waals surface area contributed by atoms with Crippen LogP contribution >= 0.6 is 0 Å². The van der Waals surface area contributed by atoms with Gasteiger partial charge in [0.1, 0.15) is 0 Å². The van der Waals surface area contributed by atoms with Gasteiger partial charge in [0.15, 0.2) is 6.29 Å². The molecule has 2 nitrogen and oxygen atoms in total. The van der Waals surface area contributed by atoms with E-state index in [9.17, 15) is 4.79 Å². The Hall–Kier alpha value is -1.70. The Labute approximate surface area is 77.6 Å². The molecule has 1 rings (SSSR count). The zero-order valence-corrected chi connectivity index (χ0v) is 7.53. The van der Waals surface area contributed by atoms with Gasteiger partial charge < -0.3 is 0 Å². The molecule has 0 amide bonds. The minimum Gasteiger partial charge on any atom is -0.297 e. The number of para-hydroxylation sites is 1. The highest BCUT2D eigenvalue weighted by molar-refractivity contribution is 6.27. The molecule has 0 spiro atoms. The monoisotopic (exact) mass is 173 g/mol. The molecule has 0 aliphatic carbocycles. The lowest BCUT2D eigenvalue weighted by molar-refractivity contribution is -0.102. The first-order chi connectivity index (χ1) is 6.27. The highest BCUT2D eigenvalue weighted by Crippen LogP contribution is 2.19. The standard InChI is InChI=1S/C11H11NO/c1-3-10-6-4-5-7-11(10)12-9(2)8-13/h3-8H,1H2,2H3/b12-9+. The van der Waals surface area contributed by atoms with Gasteiger partial charge in [0, 0.05) is 0 Å². The summed E-state index contributed by atoms with van der Waals surface area (Å²) in [5.41, 5.74) is 2.18. The van der Waals surface area contributed by atoms with Crippen LogP contribution in [-0.4, -0.2) is 12.0 Å². The van der Waals surface area contributed by atoms with Crippen molar-refractivity contribution >= 4 is 23.8 Å². The van der Waals surface area contributed by atoms with E-state index >= 15 is 0 Å². The Morgan fingerprint density at radius 3 is 2.77 bits per heavy atom. The van der Waals surface area contributed by atoms with Crippen molar-refractivity contribution in [1.82, 2.24) is 0 Å². The van der Waals surface area contributed by atoms with Crippen molar-refractivity contribution in [3.8, 4) is 0 Å². The number of hydrogen-bond acceptors (Lipinski definition) is 2. The second kappa shape index (κ2) is 4.36. The van der Waals surface area contributed by atoms with Crippen LogP contribution in [0.2, 0.25) is 0 Å². The van der Waals surface area contributed by atoms with Crippen LogP contribution in [0.4, 0.5) is 5.69 Å². The van der Waals surface area contributed by atoms with Gasteiger partial charge in [0.05, 0.1) is 11.4 Å². The first kappa shape index (κ1) is 9.39. The maximum Gasteiger partial charge on any atom is 0.163 e. The molecule has 2 heteroatoms. The number of aldehydes is 1. The number of carbonyl (C=O) groups excluding carboxylic acids is 1. The lowest BCUT2D eigenvalue weighted by atomic mass is 10.2. The van der Waals surface area contributed by atoms with Crippen LogP contribution in [0.15, 0.2) is 35.8 Å². The van der Waals surface area contributed by atoms with E-state index in [-0.39, 0.29) is 0 Å². The van der Waals surface area contributed by atoms with Gasteiger partial charge in [-0.1, -0.05) is 30.9 Å². The van der Waals surface area contributed by atoms with Crippen molar-refractivity contribution in [3.05, 3.63) is 36.4 Å². The molecular formula is C11H11NO. The second-order valence-electron chi connectivity index (χ2n) is 2.63. The average molecular weight is 173 g/mol. The fourth-order valence-electron chi connectivity index (χ4n) is 0.978. The Balaban J connectivity index is 3.13. The molecule has 0 saturated carbocycles. The van der Waals surface area contributed by atoms with Crippen molar-refractivity contribution in [2.75, 3.05) is 0 Å². The quantitative estimate of drug-likeness (QED) is 0.510. The average Bonchev–Trinajstić information content (AvgIpc) is 2.18. The van der Waals surface area contributed by atoms with Crippen LogP contribution in [0.25, 0.3) is 6.08 Å². The highest BCUT2D eigenvalue weighted by Gasteiger charge is 1.95. The zero-order chi connectivity index (χ0) is 9.68. The van der Waals surface area contributed by atoms with Crippen LogP contribution in [0.3, 0.4) is 0 Å². The number of nitrogens with zero attached hydrogens (tertiary/aromatic N) is 1. The Morgan fingerprint density at radius 1 is 1.46 bits per heavy atom. The number of benzene rings is 1. The fourth-order valence-corrected chi connectivity index (χ4v) is 0.978. The topological polar surface area (TPSA) is 29.4 Å². The van der Waals surface area contributed by atoms with Crippen molar-refractivity contribution in [2.24, 2.45) is 4.99 Å². The Bertz CT molecular complexity index is 353. The molecule has 0 fully saturated rings. The number of hydrogen-bond donors (Lipinski definition) is 0. The first-order valence-electron chi connectivity index (χ1n) is 4.00. The van der Waals surface area contributed by atoms with Gasteiger partial charge in [-0.3, -0.25) is 4.79 Å². The summed E-state index contributed by atoms with van der Waals surface area (Å²) in [4.78, 5) is 14.5. The van der Waals surface area contributed by atoms with Gasteiger partial charge in [0.2, 0.25) is 0 Å². The maximum atomic E-state index is 10.4. The van der Waals surface area contributed by atoms with E-state index in [0.717, 1.165) is 17.5 Å². The SMILES string of the molecule is C=Cc1ccccc1/N=C(\C)C=O. The highest BCUT2D eigenvalue weighted by atomic mass is 16.1. The molecule has 0 unspecified atom stereocenters. The summed E-state index contributed by atoms with van der Waals surface area (Å²) in [5.74, 6) is 0. The second-order valence-corrected chi connectivity index (χ2v) is 2.63. The van der Waals surface area contributed by atoms with Crippen LogP contribution in [0.1, 0.15) is 12.5 Å². The lowest BCUT2D eigenvalue weighted by Gasteiger charge is -1.98. The summed E-state index contributed by atoms with van der Waals surface area (Å²) >= 11 is 0. The van der Waals surface area contributed by atoms with E-state index < -0.39 is 0 Å². The predicted octanol–water partition coefficient (Wildman–Crippen LogP) is 2.62. The van der Waals surface area contributed by atoms with Gasteiger partial charge in [0.25, 0.3) is 0 Å². The molecule has 13 heavy (non-hydrogen) atoms. The molecule has 0 aliphatic heterocycles. The molecule has 0 heterocycles. The van der Waals surface area contributed by atoms with Crippen LogP contribution in [-0.2, 0) is 4.79 Å². The molecule has 0 bridgehead atoms. The molecular weight excluding hydrogens is 162 g/mol. The molecule has 0 aromatic heterocycles. The zero-order valence-electron chi connectivity index (χ0n) is 7.53. The molecule has 0 radical (unpaired) electrons. The van der Waals surface area contributed by atoms with E-state index in [1.54, 1.807) is 13.0 Å². The molecule has 66 valence electrons. The van der Waals surface area contributed by atoms with Crippen molar-refractivity contribution in [1.29, 1.82) is 0 Å². The fraction of sp³-hybridized carbons (Fsp3) is 0.0909. The van der Waals surface area contributed by atoms with Gasteiger partial charge in [-0.2, -0.15) is 0 Å². The molecule has 0 aliphatic rings. The van der Waals surface area contributed by atoms with Gasteiger partial charge in [-0.25, -0.2) is 4.99 Å². The smallest absolute Gasteiger partial charge is 0.163 e. The van der Waals surface area contributed by atoms with E-state index in [2.05, 4.69) is 11.6 Å². The van der Waals surface area contributed by atoms with Crippen LogP contribution in [0.5, 0.6) is 0 Å². The van der Waals surface area contributed by atoms with Crippen molar-refractivity contribution in [2.45, 2.75) is 6.92 Å². The van der Waals surface area contributed by atoms with E-state index in [1.165, 1.54) is 0 Å². The minimum absolute atomic E-state index is 0.467. The van der Waals surface area contributed by atoms with E-state index in [1.807, 2.05) is 24.3 Å². The third-order valence-electron chi connectivity index (χ3n) is 1.62. The Morgan fingerprint density at radius 2 is 2.15 bits per heavy atom. The molecule has 0 atom stereocenters. The molecule has 1 aromatic carbocycles. The summed E-state index contributed by atoms with van der Waals surface area (Å²) in [5, 5.41) is 0. The Kier molecular flexibility index (Phi) is 3.15. The molecule has 0 N–H and O–H groups in total. The largest absolute Gasteiger partial charge is 0.297 e. The van der Waals surface area contributed by atoms with Crippen molar-refractivity contribution in [3.63, 3.8) is 0 Å². The summed E-state index contributed by atoms with van der Waals surface area (Å²) in [6.07, 6.45) is 2.46. The van der Waals surface area contributed by atoms with E-state index in [0.29, 0.717) is 5.71 Å². The third kappa shape index (κ3) is 2.37. The van der Waals surface area contributed by atoms with Gasteiger partial charge in [-0.05, 0) is 18.6 Å². The predicted molar refractivity (Wildman–Crippen MR) is 55.4 cm³/mol. The first-order valence-corrected chi connectivity index (χ1v) is 4.00. The normalized spacial score (nSPS) is 11.0. The molecule has 0 saturated heterocycles.